The van der Waals surface area contributed by atoms with E-state index in [1.54, 1.807) is 12.1 Å². The van der Waals surface area contributed by atoms with E-state index in [0.29, 0.717) is 18.1 Å². The zero-order valence-electron chi connectivity index (χ0n) is 20.5. The van der Waals surface area contributed by atoms with E-state index < -0.39 is 11.6 Å². The van der Waals surface area contributed by atoms with Crippen molar-refractivity contribution in [2.24, 2.45) is 17.8 Å². The van der Waals surface area contributed by atoms with Gasteiger partial charge in [0.1, 0.15) is 0 Å². The van der Waals surface area contributed by atoms with E-state index in [4.69, 9.17) is 4.74 Å². The van der Waals surface area contributed by atoms with Gasteiger partial charge in [0, 0.05) is 5.56 Å². The second kappa shape index (κ2) is 13.7. The third-order valence-electron chi connectivity index (χ3n) is 7.58. The average Bonchev–Trinajstić information content (AvgIpc) is 2.85. The molecule has 2 aliphatic rings. The normalized spacial score (nSPS) is 23.5. The topological polar surface area (TPSA) is 9.23 Å². The molecule has 1 nitrogen and oxygen atoms in total. The van der Waals surface area contributed by atoms with E-state index in [2.05, 4.69) is 31.7 Å². The Labute approximate surface area is 200 Å². The smallest absolute Gasteiger partial charge is 0.201 e. The minimum atomic E-state index is -0.844. The lowest BCUT2D eigenvalue weighted by molar-refractivity contribution is 0.195. The highest BCUT2D eigenvalue weighted by Crippen LogP contribution is 2.42. The molecule has 2 aliphatic carbocycles. The first kappa shape index (κ1) is 25.7. The standard InChI is InChI=1S/C30H42F2O/c1-3-5-7-8-9-11-23-12-14-24(15-13-23)25-16-18-26(19-17-25)27-20-21-28(30(32)29(27)31)33-22-10-6-4-2/h3,8-9,18,20-21,23-25H,1,4-7,10-17,19,22H2,2H3/b9-8-. The van der Waals surface area contributed by atoms with Crippen molar-refractivity contribution in [3.63, 3.8) is 0 Å². The zero-order chi connectivity index (χ0) is 23.5. The van der Waals surface area contributed by atoms with E-state index in [-0.39, 0.29) is 5.75 Å². The van der Waals surface area contributed by atoms with Gasteiger partial charge in [-0.05, 0) is 106 Å². The van der Waals surface area contributed by atoms with E-state index >= 15 is 0 Å². The Morgan fingerprint density at radius 3 is 2.48 bits per heavy atom. The average molecular weight is 457 g/mol. The van der Waals surface area contributed by atoms with Crippen molar-refractivity contribution in [2.45, 2.75) is 90.4 Å². The number of rotatable bonds is 12. The van der Waals surface area contributed by atoms with Crippen LogP contribution in [0.1, 0.15) is 96.0 Å². The van der Waals surface area contributed by atoms with Crippen LogP contribution >= 0.6 is 0 Å². The van der Waals surface area contributed by atoms with Crippen molar-refractivity contribution >= 4 is 5.57 Å². The number of benzene rings is 1. The molecule has 0 saturated heterocycles. The molecular formula is C30H42F2O. The Kier molecular flexibility index (Phi) is 10.7. The molecule has 1 unspecified atom stereocenters. The zero-order valence-corrected chi connectivity index (χ0v) is 20.5. The summed E-state index contributed by atoms with van der Waals surface area (Å²) in [6.45, 7) is 6.31. The molecule has 0 bridgehead atoms. The Bertz CT molecular complexity index is 802. The van der Waals surface area contributed by atoms with Crippen LogP contribution in [0.4, 0.5) is 8.78 Å². The van der Waals surface area contributed by atoms with Crippen LogP contribution in [0.3, 0.4) is 0 Å². The molecule has 0 N–H and O–H groups in total. The van der Waals surface area contributed by atoms with Crippen molar-refractivity contribution in [3.8, 4) is 5.75 Å². The summed E-state index contributed by atoms with van der Waals surface area (Å²) in [5.74, 6) is 0.735. The summed E-state index contributed by atoms with van der Waals surface area (Å²) in [4.78, 5) is 0. The van der Waals surface area contributed by atoms with Crippen molar-refractivity contribution < 1.29 is 13.5 Å². The van der Waals surface area contributed by atoms with Gasteiger partial charge < -0.3 is 4.74 Å². The molecule has 0 aliphatic heterocycles. The first-order valence-electron chi connectivity index (χ1n) is 13.2. The Hall–Kier alpha value is -1.90. The molecule has 182 valence electrons. The Morgan fingerprint density at radius 2 is 1.79 bits per heavy atom. The van der Waals surface area contributed by atoms with Gasteiger partial charge in [-0.15, -0.1) is 6.58 Å². The fourth-order valence-corrected chi connectivity index (χ4v) is 5.47. The predicted octanol–water partition coefficient (Wildman–Crippen LogP) is 9.44. The van der Waals surface area contributed by atoms with Gasteiger partial charge in [0.15, 0.2) is 11.6 Å². The SMILES string of the molecule is C=CCC/C=C\CC1CCC(C2CC=C(c3ccc(OCCCCC)c(F)c3F)CC2)CC1. The number of unbranched alkanes of at least 4 members (excludes halogenated alkanes) is 3. The molecule has 3 rings (SSSR count). The largest absolute Gasteiger partial charge is 0.490 e. The minimum absolute atomic E-state index is 0.0361. The third-order valence-corrected chi connectivity index (χ3v) is 7.58. The molecule has 0 amide bonds. The molecule has 1 aromatic carbocycles. The predicted molar refractivity (Wildman–Crippen MR) is 135 cm³/mol. The summed E-state index contributed by atoms with van der Waals surface area (Å²) >= 11 is 0. The van der Waals surface area contributed by atoms with Crippen LogP contribution in [0.15, 0.2) is 43.0 Å². The molecule has 33 heavy (non-hydrogen) atoms. The summed E-state index contributed by atoms with van der Waals surface area (Å²) < 4.78 is 34.8. The van der Waals surface area contributed by atoms with E-state index in [1.807, 2.05) is 6.08 Å². The summed E-state index contributed by atoms with van der Waals surface area (Å²) in [5, 5.41) is 0. The lowest BCUT2D eigenvalue weighted by atomic mass is 9.70. The molecule has 0 spiro atoms. The van der Waals surface area contributed by atoms with Crippen molar-refractivity contribution in [3.05, 3.63) is 60.2 Å². The number of ether oxygens (including phenoxy) is 1. The van der Waals surface area contributed by atoms with Gasteiger partial charge in [-0.2, -0.15) is 4.39 Å². The lowest BCUT2D eigenvalue weighted by Gasteiger charge is -2.35. The molecular weight excluding hydrogens is 414 g/mol. The van der Waals surface area contributed by atoms with Crippen LogP contribution < -0.4 is 4.74 Å². The lowest BCUT2D eigenvalue weighted by Crippen LogP contribution is -2.23. The van der Waals surface area contributed by atoms with Gasteiger partial charge in [-0.3, -0.25) is 0 Å². The van der Waals surface area contributed by atoms with E-state index in [9.17, 15) is 8.78 Å². The molecule has 0 heterocycles. The van der Waals surface area contributed by atoms with Crippen molar-refractivity contribution in [2.75, 3.05) is 6.61 Å². The van der Waals surface area contributed by atoms with Gasteiger partial charge in [0.05, 0.1) is 6.61 Å². The highest BCUT2D eigenvalue weighted by Gasteiger charge is 2.29. The Balaban J connectivity index is 1.48. The summed E-state index contributed by atoms with van der Waals surface area (Å²) in [7, 11) is 0. The van der Waals surface area contributed by atoms with Crippen LogP contribution in [0.2, 0.25) is 0 Å². The Morgan fingerprint density at radius 1 is 0.970 bits per heavy atom. The number of hydrogen-bond acceptors (Lipinski definition) is 1. The molecule has 1 aromatic rings. The van der Waals surface area contributed by atoms with Crippen LogP contribution in [-0.4, -0.2) is 6.61 Å². The molecule has 1 fully saturated rings. The van der Waals surface area contributed by atoms with Crippen LogP contribution in [-0.2, 0) is 0 Å². The minimum Gasteiger partial charge on any atom is -0.490 e. The maximum atomic E-state index is 14.8. The second-order valence-corrected chi connectivity index (χ2v) is 9.91. The quantitative estimate of drug-likeness (QED) is 0.225. The number of halogens is 2. The number of allylic oxidation sites excluding steroid dienone is 5. The molecule has 1 saturated carbocycles. The van der Waals surface area contributed by atoms with Crippen LogP contribution in [0, 0.1) is 29.4 Å². The molecule has 0 radical (unpaired) electrons. The number of hydrogen-bond donors (Lipinski definition) is 0. The van der Waals surface area contributed by atoms with Crippen LogP contribution in [0.25, 0.3) is 5.57 Å². The van der Waals surface area contributed by atoms with Gasteiger partial charge in [0.2, 0.25) is 5.82 Å². The maximum absolute atomic E-state index is 14.8. The fraction of sp³-hybridized carbons (Fsp3) is 0.600. The summed E-state index contributed by atoms with van der Waals surface area (Å²) in [5.41, 5.74) is 1.37. The highest BCUT2D eigenvalue weighted by molar-refractivity contribution is 5.67. The fourth-order valence-electron chi connectivity index (χ4n) is 5.47. The van der Waals surface area contributed by atoms with Gasteiger partial charge in [-0.1, -0.05) is 44.1 Å². The van der Waals surface area contributed by atoms with Crippen molar-refractivity contribution in [1.82, 2.24) is 0 Å². The highest BCUT2D eigenvalue weighted by atomic mass is 19.2. The van der Waals surface area contributed by atoms with E-state index in [0.717, 1.165) is 68.8 Å². The summed E-state index contributed by atoms with van der Waals surface area (Å²) in [6.07, 6.45) is 23.3. The third kappa shape index (κ3) is 7.55. The van der Waals surface area contributed by atoms with Crippen molar-refractivity contribution in [1.29, 1.82) is 0 Å². The molecule has 0 aromatic heterocycles. The van der Waals surface area contributed by atoms with Gasteiger partial charge in [-0.25, -0.2) is 4.39 Å². The van der Waals surface area contributed by atoms with E-state index in [1.165, 1.54) is 32.1 Å². The van der Waals surface area contributed by atoms with Gasteiger partial charge >= 0.3 is 0 Å². The first-order valence-corrected chi connectivity index (χ1v) is 13.2. The molecule has 1 atom stereocenters. The maximum Gasteiger partial charge on any atom is 0.201 e. The first-order chi connectivity index (χ1) is 16.1. The summed E-state index contributed by atoms with van der Waals surface area (Å²) in [6, 6.07) is 3.30. The van der Waals surface area contributed by atoms with Gasteiger partial charge in [0.25, 0.3) is 0 Å². The molecule has 3 heteroatoms. The van der Waals surface area contributed by atoms with Crippen LogP contribution in [0.5, 0.6) is 5.75 Å². The second-order valence-electron chi connectivity index (χ2n) is 9.91. The monoisotopic (exact) mass is 456 g/mol.